The lowest BCUT2D eigenvalue weighted by atomic mass is 9.77. The summed E-state index contributed by atoms with van der Waals surface area (Å²) in [7, 11) is 1.31. The predicted molar refractivity (Wildman–Crippen MR) is 59.6 cm³/mol. The van der Waals surface area contributed by atoms with Crippen LogP contribution < -0.4 is 11.1 Å². The second-order valence-corrected chi connectivity index (χ2v) is 4.73. The monoisotopic (exact) mass is 228 g/mol. The van der Waals surface area contributed by atoms with Crippen LogP contribution in [0.4, 0.5) is 0 Å². The number of nitrogens with one attached hydrogen (secondary N) is 1. The van der Waals surface area contributed by atoms with Crippen molar-refractivity contribution < 1.29 is 14.3 Å². The fourth-order valence-electron chi connectivity index (χ4n) is 1.69. The van der Waals surface area contributed by atoms with Crippen LogP contribution in [-0.2, 0) is 14.3 Å². The Kier molecular flexibility index (Phi) is 3.91. The van der Waals surface area contributed by atoms with Gasteiger partial charge in [-0.25, -0.2) is 4.79 Å². The van der Waals surface area contributed by atoms with Crippen LogP contribution in [0.5, 0.6) is 0 Å². The highest BCUT2D eigenvalue weighted by Crippen LogP contribution is 2.29. The molecule has 1 rings (SSSR count). The molecule has 1 amide bonds. The number of esters is 1. The van der Waals surface area contributed by atoms with Crippen LogP contribution in [0.3, 0.4) is 0 Å². The Hall–Kier alpha value is -1.10. The molecule has 1 aliphatic carbocycles. The number of hydrogen-bond acceptors (Lipinski definition) is 4. The normalized spacial score (nSPS) is 19.8. The molecular weight excluding hydrogens is 208 g/mol. The highest BCUT2D eigenvalue weighted by molar-refractivity contribution is 5.91. The van der Waals surface area contributed by atoms with Crippen molar-refractivity contribution in [1.29, 1.82) is 0 Å². The molecule has 0 aliphatic heterocycles. The molecule has 1 unspecified atom stereocenters. The van der Waals surface area contributed by atoms with Gasteiger partial charge in [0.25, 0.3) is 0 Å². The molecule has 1 aliphatic rings. The summed E-state index contributed by atoms with van der Waals surface area (Å²) in [6.45, 7) is 3.71. The van der Waals surface area contributed by atoms with Crippen LogP contribution in [0.15, 0.2) is 0 Å². The van der Waals surface area contributed by atoms with E-state index in [1.165, 1.54) is 7.11 Å². The van der Waals surface area contributed by atoms with E-state index in [4.69, 9.17) is 5.73 Å². The second kappa shape index (κ2) is 4.82. The van der Waals surface area contributed by atoms with Crippen molar-refractivity contribution in [2.75, 3.05) is 7.11 Å². The van der Waals surface area contributed by atoms with Gasteiger partial charge in [0.15, 0.2) is 0 Å². The molecule has 1 saturated carbocycles. The highest BCUT2D eigenvalue weighted by atomic mass is 16.5. The molecule has 16 heavy (non-hydrogen) atoms. The standard InChI is InChI=1S/C11H20N2O3/c1-7(2)8(9(14)16-3)13-10(15)11(12)5-4-6-11/h7-8H,4-6,12H2,1-3H3,(H,13,15). The maximum absolute atomic E-state index is 11.8. The minimum atomic E-state index is -0.777. The molecule has 0 bridgehead atoms. The molecule has 3 N–H and O–H groups in total. The fraction of sp³-hybridized carbons (Fsp3) is 0.818. The number of hydrogen-bond donors (Lipinski definition) is 2. The van der Waals surface area contributed by atoms with Gasteiger partial charge in [-0.1, -0.05) is 13.8 Å². The van der Waals surface area contributed by atoms with Crippen molar-refractivity contribution >= 4 is 11.9 Å². The third kappa shape index (κ3) is 2.52. The zero-order chi connectivity index (χ0) is 12.3. The number of carbonyl (C=O) groups is 2. The van der Waals surface area contributed by atoms with Gasteiger partial charge in [0.2, 0.25) is 5.91 Å². The third-order valence-corrected chi connectivity index (χ3v) is 3.11. The average molecular weight is 228 g/mol. The molecule has 0 heterocycles. The number of ether oxygens (including phenoxy) is 1. The Bertz CT molecular complexity index is 285. The van der Waals surface area contributed by atoms with Crippen molar-refractivity contribution in [2.45, 2.75) is 44.7 Å². The molecule has 0 aromatic rings. The van der Waals surface area contributed by atoms with Crippen molar-refractivity contribution in [3.63, 3.8) is 0 Å². The molecule has 1 atom stereocenters. The number of methoxy groups -OCH3 is 1. The molecule has 92 valence electrons. The number of rotatable bonds is 4. The Labute approximate surface area is 95.7 Å². The van der Waals surface area contributed by atoms with Crippen molar-refractivity contribution in [1.82, 2.24) is 5.32 Å². The Morgan fingerprint density at radius 3 is 2.25 bits per heavy atom. The van der Waals surface area contributed by atoms with E-state index in [0.717, 1.165) is 6.42 Å². The first-order valence-electron chi connectivity index (χ1n) is 5.58. The van der Waals surface area contributed by atoms with Gasteiger partial charge in [0.05, 0.1) is 12.6 Å². The first-order chi connectivity index (χ1) is 7.40. The average Bonchev–Trinajstić information content (AvgIpc) is 2.20. The maximum Gasteiger partial charge on any atom is 0.328 e. The molecule has 5 nitrogen and oxygen atoms in total. The van der Waals surface area contributed by atoms with Gasteiger partial charge >= 0.3 is 5.97 Å². The molecule has 5 heteroatoms. The molecular formula is C11H20N2O3. The van der Waals surface area contributed by atoms with Crippen LogP contribution in [0, 0.1) is 5.92 Å². The summed E-state index contributed by atoms with van der Waals surface area (Å²) in [5, 5.41) is 2.67. The van der Waals surface area contributed by atoms with Crippen LogP contribution in [-0.4, -0.2) is 30.6 Å². The zero-order valence-corrected chi connectivity index (χ0v) is 10.1. The highest BCUT2D eigenvalue weighted by Gasteiger charge is 2.42. The zero-order valence-electron chi connectivity index (χ0n) is 10.1. The quantitative estimate of drug-likeness (QED) is 0.673. The Balaban J connectivity index is 2.61. The number of nitrogens with two attached hydrogens (primary N) is 1. The molecule has 0 aromatic heterocycles. The van der Waals surface area contributed by atoms with Gasteiger partial charge in [-0.2, -0.15) is 0 Å². The van der Waals surface area contributed by atoms with Gasteiger partial charge in [0.1, 0.15) is 6.04 Å². The van der Waals surface area contributed by atoms with E-state index in [-0.39, 0.29) is 11.8 Å². The lowest BCUT2D eigenvalue weighted by molar-refractivity contribution is -0.147. The topological polar surface area (TPSA) is 81.4 Å². The van der Waals surface area contributed by atoms with Crippen LogP contribution in [0.2, 0.25) is 0 Å². The van der Waals surface area contributed by atoms with Gasteiger partial charge < -0.3 is 15.8 Å². The van der Waals surface area contributed by atoms with E-state index >= 15 is 0 Å². The van der Waals surface area contributed by atoms with E-state index in [1.807, 2.05) is 13.8 Å². The maximum atomic E-state index is 11.8. The van der Waals surface area contributed by atoms with E-state index in [0.29, 0.717) is 12.8 Å². The van der Waals surface area contributed by atoms with Crippen molar-refractivity contribution in [3.05, 3.63) is 0 Å². The summed E-state index contributed by atoms with van der Waals surface area (Å²) in [6, 6.07) is -0.612. The van der Waals surface area contributed by atoms with Crippen LogP contribution in [0.1, 0.15) is 33.1 Å². The minimum Gasteiger partial charge on any atom is -0.467 e. The van der Waals surface area contributed by atoms with E-state index < -0.39 is 17.6 Å². The van der Waals surface area contributed by atoms with Gasteiger partial charge in [-0.15, -0.1) is 0 Å². The SMILES string of the molecule is COC(=O)C(NC(=O)C1(N)CCC1)C(C)C. The molecule has 0 saturated heterocycles. The largest absolute Gasteiger partial charge is 0.467 e. The Morgan fingerprint density at radius 1 is 1.38 bits per heavy atom. The van der Waals surface area contributed by atoms with E-state index in [9.17, 15) is 9.59 Å². The van der Waals surface area contributed by atoms with Gasteiger partial charge in [0, 0.05) is 0 Å². The molecule has 1 fully saturated rings. The summed E-state index contributed by atoms with van der Waals surface area (Å²) in [5.41, 5.74) is 5.10. The summed E-state index contributed by atoms with van der Waals surface area (Å²) < 4.78 is 4.64. The molecule has 0 spiro atoms. The van der Waals surface area contributed by atoms with Gasteiger partial charge in [-0.3, -0.25) is 4.79 Å². The van der Waals surface area contributed by atoms with Crippen LogP contribution in [0.25, 0.3) is 0 Å². The van der Waals surface area contributed by atoms with Crippen LogP contribution >= 0.6 is 0 Å². The molecule has 0 radical (unpaired) electrons. The number of amides is 1. The van der Waals surface area contributed by atoms with E-state index in [1.54, 1.807) is 0 Å². The smallest absolute Gasteiger partial charge is 0.328 e. The lowest BCUT2D eigenvalue weighted by Crippen LogP contribution is -2.61. The van der Waals surface area contributed by atoms with E-state index in [2.05, 4.69) is 10.1 Å². The number of carbonyl (C=O) groups excluding carboxylic acids is 2. The second-order valence-electron chi connectivity index (χ2n) is 4.73. The Morgan fingerprint density at radius 2 is 1.94 bits per heavy atom. The first-order valence-corrected chi connectivity index (χ1v) is 5.58. The summed E-state index contributed by atoms with van der Waals surface area (Å²) in [6.07, 6.45) is 2.34. The van der Waals surface area contributed by atoms with Gasteiger partial charge in [-0.05, 0) is 25.2 Å². The summed E-state index contributed by atoms with van der Waals surface area (Å²) in [5.74, 6) is -0.686. The minimum absolute atomic E-state index is 0.0138. The lowest BCUT2D eigenvalue weighted by Gasteiger charge is -2.37. The summed E-state index contributed by atoms with van der Waals surface area (Å²) >= 11 is 0. The first kappa shape index (κ1) is 13.0. The van der Waals surface area contributed by atoms with Crippen molar-refractivity contribution in [3.8, 4) is 0 Å². The third-order valence-electron chi connectivity index (χ3n) is 3.11. The fourth-order valence-corrected chi connectivity index (χ4v) is 1.69. The summed E-state index contributed by atoms with van der Waals surface area (Å²) in [4.78, 5) is 23.3. The predicted octanol–water partition coefficient (Wildman–Crippen LogP) is 0.182. The van der Waals surface area contributed by atoms with Crippen molar-refractivity contribution in [2.24, 2.45) is 11.7 Å². The molecule has 0 aromatic carbocycles.